The molecule has 0 aromatic carbocycles. The molecule has 3 heterocycles. The van der Waals surface area contributed by atoms with E-state index in [1.54, 1.807) is 12.3 Å². The van der Waals surface area contributed by atoms with Gasteiger partial charge in [-0.05, 0) is 32.3 Å². The predicted molar refractivity (Wildman–Crippen MR) is 83.0 cm³/mol. The quantitative estimate of drug-likeness (QED) is 0.936. The van der Waals surface area contributed by atoms with Crippen molar-refractivity contribution in [3.05, 3.63) is 34.0 Å². The van der Waals surface area contributed by atoms with Crippen molar-refractivity contribution in [1.82, 2.24) is 14.3 Å². The standard InChI is InChI=1S/C14H19N3O2S2/c1-10-7-13(11(2)20-10)21(18,19)16-9-12-3-5-17-6-4-15-14(17)8-12/h4,6-7,12,16H,3,5,8-9H2,1-2H3/t12-/m0/s1. The van der Waals surface area contributed by atoms with Crippen LogP contribution < -0.4 is 4.72 Å². The van der Waals surface area contributed by atoms with Crippen molar-refractivity contribution in [3.8, 4) is 0 Å². The van der Waals surface area contributed by atoms with Crippen LogP contribution in [0.25, 0.3) is 0 Å². The van der Waals surface area contributed by atoms with Crippen LogP contribution in [0.15, 0.2) is 23.4 Å². The molecule has 7 heteroatoms. The Bertz CT molecular complexity index is 746. The normalized spacial score (nSPS) is 18.7. The van der Waals surface area contributed by atoms with Crippen LogP contribution in [0, 0.1) is 19.8 Å². The van der Waals surface area contributed by atoms with Gasteiger partial charge in [-0.1, -0.05) is 0 Å². The molecule has 21 heavy (non-hydrogen) atoms. The highest BCUT2D eigenvalue weighted by molar-refractivity contribution is 7.89. The number of hydrogen-bond donors (Lipinski definition) is 1. The minimum absolute atomic E-state index is 0.315. The number of nitrogens with zero attached hydrogens (tertiary/aromatic N) is 2. The first-order valence-electron chi connectivity index (χ1n) is 7.02. The summed E-state index contributed by atoms with van der Waals surface area (Å²) in [4.78, 5) is 6.60. The average molecular weight is 325 g/mol. The van der Waals surface area contributed by atoms with Crippen molar-refractivity contribution in [2.45, 2.75) is 38.1 Å². The predicted octanol–water partition coefficient (Wildman–Crippen LogP) is 2.10. The molecule has 0 amide bonds. The van der Waals surface area contributed by atoms with Crippen LogP contribution in [-0.2, 0) is 23.0 Å². The maximum absolute atomic E-state index is 12.4. The molecule has 0 saturated heterocycles. The topological polar surface area (TPSA) is 64.0 Å². The Hall–Kier alpha value is -1.18. The molecule has 0 aliphatic carbocycles. The lowest BCUT2D eigenvalue weighted by atomic mass is 9.98. The first kappa shape index (κ1) is 14.7. The first-order valence-corrected chi connectivity index (χ1v) is 9.32. The van der Waals surface area contributed by atoms with Gasteiger partial charge in [0.15, 0.2) is 0 Å². The molecule has 0 fully saturated rings. The third kappa shape index (κ3) is 3.04. The summed E-state index contributed by atoms with van der Waals surface area (Å²) >= 11 is 1.52. The molecule has 0 unspecified atom stereocenters. The van der Waals surface area contributed by atoms with E-state index in [9.17, 15) is 8.42 Å². The number of aromatic nitrogens is 2. The first-order chi connectivity index (χ1) is 9.95. The van der Waals surface area contributed by atoms with Gasteiger partial charge in [0.25, 0.3) is 0 Å². The summed E-state index contributed by atoms with van der Waals surface area (Å²) in [5.41, 5.74) is 0. The molecule has 0 spiro atoms. The number of nitrogens with one attached hydrogen (secondary N) is 1. The van der Waals surface area contributed by atoms with Gasteiger partial charge in [0.05, 0.1) is 4.90 Å². The van der Waals surface area contributed by atoms with Gasteiger partial charge >= 0.3 is 0 Å². The summed E-state index contributed by atoms with van der Waals surface area (Å²) in [7, 11) is -3.40. The van der Waals surface area contributed by atoms with Crippen LogP contribution in [0.3, 0.4) is 0 Å². The Balaban J connectivity index is 1.67. The fraction of sp³-hybridized carbons (Fsp3) is 0.500. The monoisotopic (exact) mass is 325 g/mol. The van der Waals surface area contributed by atoms with Crippen LogP contribution in [0.2, 0.25) is 0 Å². The van der Waals surface area contributed by atoms with Gasteiger partial charge in [0.2, 0.25) is 10.0 Å². The van der Waals surface area contributed by atoms with E-state index < -0.39 is 10.0 Å². The third-order valence-electron chi connectivity index (χ3n) is 3.90. The summed E-state index contributed by atoms with van der Waals surface area (Å²) in [6.45, 7) is 5.17. The maximum atomic E-state index is 12.4. The number of aryl methyl sites for hydroxylation is 3. The SMILES string of the molecule is Cc1cc(S(=O)(=O)NC[C@H]2CCn3ccnc3C2)c(C)s1. The lowest BCUT2D eigenvalue weighted by molar-refractivity contribution is 0.379. The molecule has 5 nitrogen and oxygen atoms in total. The van der Waals surface area contributed by atoms with E-state index in [-0.39, 0.29) is 0 Å². The summed E-state index contributed by atoms with van der Waals surface area (Å²) in [6, 6.07) is 1.75. The molecule has 1 N–H and O–H groups in total. The van der Waals surface area contributed by atoms with Gasteiger partial charge in [-0.15, -0.1) is 11.3 Å². The second kappa shape index (κ2) is 5.55. The average Bonchev–Trinajstić information content (AvgIpc) is 3.02. The Morgan fingerprint density at radius 3 is 3.00 bits per heavy atom. The number of sulfonamides is 1. The molecular formula is C14H19N3O2S2. The summed E-state index contributed by atoms with van der Waals surface area (Å²) in [6.07, 6.45) is 5.59. The van der Waals surface area contributed by atoms with E-state index in [1.165, 1.54) is 11.3 Å². The van der Waals surface area contributed by atoms with Crippen LogP contribution in [0.5, 0.6) is 0 Å². The van der Waals surface area contributed by atoms with Gasteiger partial charge < -0.3 is 4.57 Å². The zero-order chi connectivity index (χ0) is 15.0. The van der Waals surface area contributed by atoms with Gasteiger partial charge in [-0.3, -0.25) is 0 Å². The second-order valence-electron chi connectivity index (χ2n) is 5.53. The van der Waals surface area contributed by atoms with E-state index >= 15 is 0 Å². The summed E-state index contributed by atoms with van der Waals surface area (Å²) in [5.74, 6) is 1.36. The number of imidazole rings is 1. The minimum atomic E-state index is -3.40. The highest BCUT2D eigenvalue weighted by atomic mass is 32.2. The van der Waals surface area contributed by atoms with E-state index in [4.69, 9.17) is 0 Å². The Kier molecular flexibility index (Phi) is 3.90. The van der Waals surface area contributed by atoms with E-state index in [0.29, 0.717) is 17.4 Å². The van der Waals surface area contributed by atoms with Crippen LogP contribution in [0.4, 0.5) is 0 Å². The lowest BCUT2D eigenvalue weighted by Crippen LogP contribution is -2.33. The van der Waals surface area contributed by atoms with Gasteiger partial charge in [-0.2, -0.15) is 0 Å². The van der Waals surface area contributed by atoms with Crippen molar-refractivity contribution in [1.29, 1.82) is 0 Å². The fourth-order valence-corrected chi connectivity index (χ4v) is 5.44. The Morgan fingerprint density at radius 2 is 2.29 bits per heavy atom. The third-order valence-corrected chi connectivity index (χ3v) is 6.54. The molecule has 3 rings (SSSR count). The lowest BCUT2D eigenvalue weighted by Gasteiger charge is -2.23. The number of hydrogen-bond acceptors (Lipinski definition) is 4. The molecule has 114 valence electrons. The zero-order valence-electron chi connectivity index (χ0n) is 12.2. The van der Waals surface area contributed by atoms with E-state index in [1.807, 2.05) is 20.0 Å². The zero-order valence-corrected chi connectivity index (χ0v) is 13.8. The molecule has 2 aromatic heterocycles. The molecular weight excluding hydrogens is 306 g/mol. The van der Waals surface area contributed by atoms with Crippen molar-refractivity contribution in [3.63, 3.8) is 0 Å². The van der Waals surface area contributed by atoms with Gasteiger partial charge in [-0.25, -0.2) is 18.1 Å². The number of thiophene rings is 1. The van der Waals surface area contributed by atoms with E-state index in [0.717, 1.165) is 35.0 Å². The highest BCUT2D eigenvalue weighted by Gasteiger charge is 2.23. The molecule has 0 bridgehead atoms. The molecule has 0 radical (unpaired) electrons. The Morgan fingerprint density at radius 1 is 1.48 bits per heavy atom. The van der Waals surface area contributed by atoms with Gasteiger partial charge in [0, 0.05) is 41.7 Å². The van der Waals surface area contributed by atoms with Crippen molar-refractivity contribution < 1.29 is 8.42 Å². The fourth-order valence-electron chi connectivity index (χ4n) is 2.77. The van der Waals surface area contributed by atoms with E-state index in [2.05, 4.69) is 14.3 Å². The maximum Gasteiger partial charge on any atom is 0.241 e. The van der Waals surface area contributed by atoms with Crippen molar-refractivity contribution in [2.24, 2.45) is 5.92 Å². The highest BCUT2D eigenvalue weighted by Crippen LogP contribution is 2.25. The summed E-state index contributed by atoms with van der Waals surface area (Å²) in [5, 5.41) is 0. The molecule has 2 aromatic rings. The van der Waals surface area contributed by atoms with Crippen LogP contribution >= 0.6 is 11.3 Å². The smallest absolute Gasteiger partial charge is 0.241 e. The van der Waals surface area contributed by atoms with Crippen molar-refractivity contribution >= 4 is 21.4 Å². The number of fused-ring (bicyclic) bond motifs is 1. The largest absolute Gasteiger partial charge is 0.335 e. The summed E-state index contributed by atoms with van der Waals surface area (Å²) < 4.78 is 29.7. The Labute approximate surface area is 129 Å². The minimum Gasteiger partial charge on any atom is -0.335 e. The molecule has 0 saturated carbocycles. The van der Waals surface area contributed by atoms with Crippen LogP contribution in [0.1, 0.15) is 22.0 Å². The second-order valence-corrected chi connectivity index (χ2v) is 8.72. The number of rotatable bonds is 4. The van der Waals surface area contributed by atoms with Crippen molar-refractivity contribution in [2.75, 3.05) is 6.54 Å². The molecule has 1 aliphatic rings. The van der Waals surface area contributed by atoms with Crippen LogP contribution in [-0.4, -0.2) is 24.5 Å². The van der Waals surface area contributed by atoms with Gasteiger partial charge in [0.1, 0.15) is 5.82 Å². The molecule has 1 aliphatic heterocycles. The molecule has 1 atom stereocenters.